The Bertz CT molecular complexity index is 393. The Hall–Kier alpha value is -1.36. The predicted octanol–water partition coefficient (Wildman–Crippen LogP) is 2.31. The van der Waals surface area contributed by atoms with Crippen molar-refractivity contribution in [3.8, 4) is 0 Å². The summed E-state index contributed by atoms with van der Waals surface area (Å²) in [6.45, 7) is 5.28. The number of hydrogen-bond acceptors (Lipinski definition) is 5. The second-order valence-electron chi connectivity index (χ2n) is 5.27. The van der Waals surface area contributed by atoms with Gasteiger partial charge in [0, 0.05) is 18.3 Å². The maximum Gasteiger partial charge on any atom is 0.239 e. The lowest BCUT2D eigenvalue weighted by molar-refractivity contribution is 0.268. The molecule has 1 aliphatic rings. The van der Waals surface area contributed by atoms with Gasteiger partial charge in [-0.3, -0.25) is 5.43 Å². The van der Waals surface area contributed by atoms with Gasteiger partial charge < -0.3 is 5.32 Å². The van der Waals surface area contributed by atoms with Crippen LogP contribution in [0.2, 0.25) is 0 Å². The molecule has 0 spiro atoms. The van der Waals surface area contributed by atoms with Crippen molar-refractivity contribution in [1.29, 1.82) is 0 Å². The van der Waals surface area contributed by atoms with Gasteiger partial charge in [-0.25, -0.2) is 10.8 Å². The summed E-state index contributed by atoms with van der Waals surface area (Å²) in [6.07, 6.45) is 5.41. The number of aryl methyl sites for hydroxylation is 1. The number of nitrogen functional groups attached to an aromatic ring is 1. The van der Waals surface area contributed by atoms with Crippen LogP contribution in [0.25, 0.3) is 0 Å². The monoisotopic (exact) mass is 249 g/mol. The van der Waals surface area contributed by atoms with E-state index < -0.39 is 0 Å². The first-order valence-electron chi connectivity index (χ1n) is 6.75. The second-order valence-corrected chi connectivity index (χ2v) is 5.27. The van der Waals surface area contributed by atoms with E-state index in [1.807, 2.05) is 13.0 Å². The number of rotatable bonds is 4. The fraction of sp³-hybridized carbons (Fsp3) is 0.692. The molecule has 0 amide bonds. The summed E-state index contributed by atoms with van der Waals surface area (Å²) < 4.78 is 0. The van der Waals surface area contributed by atoms with E-state index in [0.29, 0.717) is 5.95 Å². The molecule has 1 fully saturated rings. The summed E-state index contributed by atoms with van der Waals surface area (Å²) in [5.74, 6) is 8.23. The van der Waals surface area contributed by atoms with E-state index in [4.69, 9.17) is 5.84 Å². The van der Waals surface area contributed by atoms with Crippen molar-refractivity contribution < 1.29 is 0 Å². The van der Waals surface area contributed by atoms with Crippen molar-refractivity contribution in [3.63, 3.8) is 0 Å². The van der Waals surface area contributed by atoms with Crippen LogP contribution in [0.4, 0.5) is 11.8 Å². The summed E-state index contributed by atoms with van der Waals surface area (Å²) in [5.41, 5.74) is 3.41. The first kappa shape index (κ1) is 13.1. The molecule has 5 nitrogen and oxygen atoms in total. The smallest absolute Gasteiger partial charge is 0.239 e. The molecule has 1 aliphatic carbocycles. The van der Waals surface area contributed by atoms with E-state index in [2.05, 4.69) is 27.6 Å². The molecule has 18 heavy (non-hydrogen) atoms. The Labute approximate surface area is 109 Å². The number of hydrogen-bond donors (Lipinski definition) is 3. The van der Waals surface area contributed by atoms with Crippen molar-refractivity contribution in [2.45, 2.75) is 39.5 Å². The SMILES string of the molecule is Cc1cc(NCC2CCCCC2C)nc(NN)n1. The fourth-order valence-corrected chi connectivity index (χ4v) is 2.66. The summed E-state index contributed by atoms with van der Waals surface area (Å²) in [7, 11) is 0. The van der Waals surface area contributed by atoms with Crippen LogP contribution >= 0.6 is 0 Å². The van der Waals surface area contributed by atoms with Gasteiger partial charge in [0.1, 0.15) is 5.82 Å². The van der Waals surface area contributed by atoms with Crippen LogP contribution in [0.5, 0.6) is 0 Å². The van der Waals surface area contributed by atoms with Crippen molar-refractivity contribution in [1.82, 2.24) is 9.97 Å². The molecule has 2 rings (SSSR count). The molecule has 0 aliphatic heterocycles. The van der Waals surface area contributed by atoms with E-state index in [1.165, 1.54) is 25.7 Å². The maximum absolute atomic E-state index is 5.35. The average molecular weight is 249 g/mol. The number of aromatic nitrogens is 2. The molecule has 100 valence electrons. The van der Waals surface area contributed by atoms with Crippen LogP contribution in [0.3, 0.4) is 0 Å². The Balaban J connectivity index is 1.94. The van der Waals surface area contributed by atoms with Crippen molar-refractivity contribution in [2.75, 3.05) is 17.3 Å². The number of nitrogens with zero attached hydrogens (tertiary/aromatic N) is 2. The Morgan fingerprint density at radius 1 is 1.33 bits per heavy atom. The third-order valence-electron chi connectivity index (χ3n) is 3.82. The Morgan fingerprint density at radius 2 is 2.11 bits per heavy atom. The van der Waals surface area contributed by atoms with Crippen LogP contribution in [0.1, 0.15) is 38.3 Å². The van der Waals surface area contributed by atoms with E-state index in [1.54, 1.807) is 0 Å². The van der Waals surface area contributed by atoms with E-state index in [0.717, 1.165) is 29.9 Å². The molecule has 0 bridgehead atoms. The Morgan fingerprint density at radius 3 is 2.83 bits per heavy atom. The van der Waals surface area contributed by atoms with Crippen LogP contribution in [-0.4, -0.2) is 16.5 Å². The second kappa shape index (κ2) is 6.00. The van der Waals surface area contributed by atoms with Gasteiger partial charge in [0.25, 0.3) is 0 Å². The highest BCUT2D eigenvalue weighted by Crippen LogP contribution is 2.29. The van der Waals surface area contributed by atoms with Gasteiger partial charge >= 0.3 is 0 Å². The lowest BCUT2D eigenvalue weighted by Gasteiger charge is -2.29. The zero-order valence-electron chi connectivity index (χ0n) is 11.2. The third-order valence-corrected chi connectivity index (χ3v) is 3.82. The lowest BCUT2D eigenvalue weighted by atomic mass is 9.80. The third kappa shape index (κ3) is 3.32. The standard InChI is InChI=1S/C13H23N5/c1-9-5-3-4-6-11(9)8-15-12-7-10(2)16-13(17-12)18-14/h7,9,11H,3-6,8,14H2,1-2H3,(H2,15,16,17,18). The molecular weight excluding hydrogens is 226 g/mol. The quantitative estimate of drug-likeness (QED) is 0.564. The average Bonchev–Trinajstić information content (AvgIpc) is 2.37. The topological polar surface area (TPSA) is 75.9 Å². The molecule has 0 aromatic carbocycles. The molecule has 1 aromatic rings. The largest absolute Gasteiger partial charge is 0.370 e. The van der Waals surface area contributed by atoms with E-state index in [-0.39, 0.29) is 0 Å². The normalized spacial score (nSPS) is 23.7. The van der Waals surface area contributed by atoms with E-state index in [9.17, 15) is 0 Å². The van der Waals surface area contributed by atoms with Gasteiger partial charge in [-0.15, -0.1) is 0 Å². The number of anilines is 2. The molecule has 4 N–H and O–H groups in total. The van der Waals surface area contributed by atoms with Gasteiger partial charge in [-0.2, -0.15) is 4.98 Å². The minimum atomic E-state index is 0.467. The molecule has 2 atom stereocenters. The molecule has 2 unspecified atom stereocenters. The van der Waals surface area contributed by atoms with E-state index >= 15 is 0 Å². The summed E-state index contributed by atoms with van der Waals surface area (Å²) in [5, 5.41) is 3.41. The maximum atomic E-state index is 5.35. The number of nitrogens with one attached hydrogen (secondary N) is 2. The first-order valence-corrected chi connectivity index (χ1v) is 6.75. The van der Waals surface area contributed by atoms with Gasteiger partial charge in [0.2, 0.25) is 5.95 Å². The van der Waals surface area contributed by atoms with Crippen molar-refractivity contribution in [2.24, 2.45) is 17.7 Å². The van der Waals surface area contributed by atoms with Gasteiger partial charge in [0.15, 0.2) is 0 Å². The zero-order valence-corrected chi connectivity index (χ0v) is 11.2. The molecule has 1 aromatic heterocycles. The first-order chi connectivity index (χ1) is 8.69. The highest BCUT2D eigenvalue weighted by Gasteiger charge is 2.20. The summed E-state index contributed by atoms with van der Waals surface area (Å²) in [6, 6.07) is 1.95. The van der Waals surface area contributed by atoms with Crippen molar-refractivity contribution >= 4 is 11.8 Å². The van der Waals surface area contributed by atoms with Crippen LogP contribution < -0.4 is 16.6 Å². The van der Waals surface area contributed by atoms with Crippen molar-refractivity contribution in [3.05, 3.63) is 11.8 Å². The van der Waals surface area contributed by atoms with Gasteiger partial charge in [-0.1, -0.05) is 26.2 Å². The molecule has 1 saturated carbocycles. The molecule has 0 radical (unpaired) electrons. The number of hydrazine groups is 1. The highest BCUT2D eigenvalue weighted by atomic mass is 15.3. The highest BCUT2D eigenvalue weighted by molar-refractivity contribution is 5.41. The van der Waals surface area contributed by atoms with Crippen LogP contribution in [0.15, 0.2) is 6.07 Å². The molecular formula is C13H23N5. The molecule has 5 heteroatoms. The summed E-state index contributed by atoms with van der Waals surface area (Å²) in [4.78, 5) is 8.48. The zero-order chi connectivity index (χ0) is 13.0. The minimum Gasteiger partial charge on any atom is -0.370 e. The van der Waals surface area contributed by atoms with Crippen LogP contribution in [0, 0.1) is 18.8 Å². The van der Waals surface area contributed by atoms with Gasteiger partial charge in [0.05, 0.1) is 0 Å². The van der Waals surface area contributed by atoms with Gasteiger partial charge in [-0.05, 0) is 25.2 Å². The predicted molar refractivity (Wildman–Crippen MR) is 74.2 cm³/mol. The Kier molecular flexibility index (Phi) is 4.36. The number of nitrogens with two attached hydrogens (primary N) is 1. The molecule has 1 heterocycles. The molecule has 0 saturated heterocycles. The fourth-order valence-electron chi connectivity index (χ4n) is 2.66. The van der Waals surface area contributed by atoms with Crippen LogP contribution in [-0.2, 0) is 0 Å². The summed E-state index contributed by atoms with van der Waals surface area (Å²) >= 11 is 0. The minimum absolute atomic E-state index is 0.467. The lowest BCUT2D eigenvalue weighted by Crippen LogP contribution is -2.25.